The average molecular weight is 299 g/mol. The molecule has 0 aromatic heterocycles. The van der Waals surface area contributed by atoms with Crippen LogP contribution in [0.15, 0.2) is 0 Å². The molecule has 3 N–H and O–H groups in total. The van der Waals surface area contributed by atoms with Crippen molar-refractivity contribution < 1.29 is 19.4 Å². The molecule has 21 heavy (non-hydrogen) atoms. The van der Waals surface area contributed by atoms with Gasteiger partial charge in [0, 0.05) is 19.6 Å². The topological polar surface area (TPSA) is 90.9 Å². The van der Waals surface area contributed by atoms with Gasteiger partial charge in [0.05, 0.1) is 6.61 Å². The summed E-state index contributed by atoms with van der Waals surface area (Å²) in [5.41, 5.74) is -1.27. The Morgan fingerprint density at radius 2 is 2.10 bits per heavy atom. The second-order valence-electron chi connectivity index (χ2n) is 6.11. The molecule has 0 spiro atoms. The van der Waals surface area contributed by atoms with Crippen molar-refractivity contribution in [2.24, 2.45) is 5.92 Å². The number of carbonyl (C=O) groups is 2. The standard InChI is InChI=1S/C14H25N3O4/c1-17-7-3-11(4-8-17)2-6-15-13(20)16-14(12(18)19)5-9-21-10-14/h11H,2-10H2,1H3,(H,18,19)(H2,15,16,20). The fourth-order valence-corrected chi connectivity index (χ4v) is 2.89. The molecular weight excluding hydrogens is 274 g/mol. The second kappa shape index (κ2) is 7.09. The molecule has 2 fully saturated rings. The molecule has 0 aromatic rings. The molecule has 2 aliphatic heterocycles. The fraction of sp³-hybridized carbons (Fsp3) is 0.857. The summed E-state index contributed by atoms with van der Waals surface area (Å²) < 4.78 is 5.10. The quantitative estimate of drug-likeness (QED) is 0.677. The Labute approximate surface area is 125 Å². The summed E-state index contributed by atoms with van der Waals surface area (Å²) in [6.07, 6.45) is 3.57. The number of rotatable bonds is 5. The van der Waals surface area contributed by atoms with Crippen molar-refractivity contribution in [2.45, 2.75) is 31.2 Å². The summed E-state index contributed by atoms with van der Waals surface area (Å²) in [5, 5.41) is 14.6. The van der Waals surface area contributed by atoms with Crippen molar-refractivity contribution in [3.05, 3.63) is 0 Å². The lowest BCUT2D eigenvalue weighted by Crippen LogP contribution is -2.57. The number of carbonyl (C=O) groups excluding carboxylic acids is 1. The molecule has 2 rings (SSSR count). The van der Waals surface area contributed by atoms with E-state index in [0.717, 1.165) is 32.4 Å². The molecule has 0 saturated carbocycles. The number of amides is 2. The second-order valence-corrected chi connectivity index (χ2v) is 6.11. The summed E-state index contributed by atoms with van der Waals surface area (Å²) >= 11 is 0. The van der Waals surface area contributed by atoms with Crippen LogP contribution in [0.4, 0.5) is 4.79 Å². The molecule has 0 aliphatic carbocycles. The summed E-state index contributed by atoms with van der Waals surface area (Å²) in [5.74, 6) is -0.393. The van der Waals surface area contributed by atoms with E-state index in [1.54, 1.807) is 0 Å². The number of carboxylic acid groups (broad SMARTS) is 1. The van der Waals surface area contributed by atoms with Crippen molar-refractivity contribution >= 4 is 12.0 Å². The number of likely N-dealkylation sites (tertiary alicyclic amines) is 1. The molecule has 2 heterocycles. The van der Waals surface area contributed by atoms with Gasteiger partial charge < -0.3 is 25.4 Å². The lowest BCUT2D eigenvalue weighted by Gasteiger charge is -2.29. The minimum Gasteiger partial charge on any atom is -0.479 e. The van der Waals surface area contributed by atoms with Gasteiger partial charge in [0.2, 0.25) is 0 Å². The van der Waals surface area contributed by atoms with Crippen molar-refractivity contribution in [2.75, 3.05) is 39.9 Å². The van der Waals surface area contributed by atoms with Gasteiger partial charge in [-0.25, -0.2) is 9.59 Å². The molecule has 2 amide bonds. The zero-order valence-electron chi connectivity index (χ0n) is 12.6. The molecule has 7 heteroatoms. The van der Waals surface area contributed by atoms with E-state index >= 15 is 0 Å². The van der Waals surface area contributed by atoms with Gasteiger partial charge in [0.15, 0.2) is 5.54 Å². The third-order valence-corrected chi connectivity index (χ3v) is 4.46. The van der Waals surface area contributed by atoms with E-state index in [2.05, 4.69) is 22.6 Å². The van der Waals surface area contributed by atoms with Crippen molar-refractivity contribution in [3.63, 3.8) is 0 Å². The molecule has 0 radical (unpaired) electrons. The molecule has 0 aromatic carbocycles. The van der Waals surface area contributed by atoms with Crippen LogP contribution >= 0.6 is 0 Å². The van der Waals surface area contributed by atoms with Gasteiger partial charge in [-0.05, 0) is 45.3 Å². The molecule has 120 valence electrons. The highest BCUT2D eigenvalue weighted by atomic mass is 16.5. The number of urea groups is 1. The molecule has 0 bridgehead atoms. The molecule has 2 saturated heterocycles. The third-order valence-electron chi connectivity index (χ3n) is 4.46. The summed E-state index contributed by atoms with van der Waals surface area (Å²) in [7, 11) is 2.12. The summed E-state index contributed by atoms with van der Waals surface area (Å²) in [4.78, 5) is 25.4. The van der Waals surface area contributed by atoms with Gasteiger partial charge in [-0.15, -0.1) is 0 Å². The summed E-state index contributed by atoms with van der Waals surface area (Å²) in [6.45, 7) is 3.19. The third kappa shape index (κ3) is 4.31. The van der Waals surface area contributed by atoms with Crippen molar-refractivity contribution in [1.82, 2.24) is 15.5 Å². The number of hydrogen-bond donors (Lipinski definition) is 3. The van der Waals surface area contributed by atoms with E-state index in [4.69, 9.17) is 4.74 Å². The number of piperidine rings is 1. The Morgan fingerprint density at radius 1 is 1.38 bits per heavy atom. The molecule has 1 atom stereocenters. The van der Waals surface area contributed by atoms with Gasteiger partial charge >= 0.3 is 12.0 Å². The predicted molar refractivity (Wildman–Crippen MR) is 77.2 cm³/mol. The Balaban J connectivity index is 1.68. The van der Waals surface area contributed by atoms with Crippen LogP contribution in [0.25, 0.3) is 0 Å². The highest BCUT2D eigenvalue weighted by Gasteiger charge is 2.43. The first-order chi connectivity index (χ1) is 10.0. The molecule has 2 aliphatic rings. The Kier molecular flexibility index (Phi) is 5.41. The van der Waals surface area contributed by atoms with Gasteiger partial charge in [0.1, 0.15) is 0 Å². The number of aliphatic carboxylic acids is 1. The lowest BCUT2D eigenvalue weighted by molar-refractivity contribution is -0.144. The number of nitrogens with one attached hydrogen (secondary N) is 2. The smallest absolute Gasteiger partial charge is 0.332 e. The first-order valence-electron chi connectivity index (χ1n) is 7.57. The maximum absolute atomic E-state index is 11.9. The van der Waals surface area contributed by atoms with Gasteiger partial charge in [-0.3, -0.25) is 0 Å². The van der Waals surface area contributed by atoms with Crippen LogP contribution in [-0.4, -0.2) is 67.4 Å². The predicted octanol–water partition coefficient (Wildman–Crippen LogP) is 0.261. The van der Waals surface area contributed by atoms with E-state index in [1.807, 2.05) is 0 Å². The summed E-state index contributed by atoms with van der Waals surface area (Å²) in [6, 6.07) is -0.421. The van der Waals surface area contributed by atoms with Crippen LogP contribution in [0.5, 0.6) is 0 Å². The van der Waals surface area contributed by atoms with Crippen molar-refractivity contribution in [3.8, 4) is 0 Å². The van der Waals surface area contributed by atoms with Crippen LogP contribution in [0.2, 0.25) is 0 Å². The van der Waals surface area contributed by atoms with E-state index in [1.165, 1.54) is 0 Å². The van der Waals surface area contributed by atoms with Crippen LogP contribution in [0.3, 0.4) is 0 Å². The maximum Gasteiger partial charge on any atom is 0.332 e. The average Bonchev–Trinajstić information content (AvgIpc) is 2.91. The van der Waals surface area contributed by atoms with E-state index in [9.17, 15) is 14.7 Å². The Morgan fingerprint density at radius 3 is 2.67 bits per heavy atom. The van der Waals surface area contributed by atoms with E-state index in [-0.39, 0.29) is 6.61 Å². The van der Waals surface area contributed by atoms with Crippen molar-refractivity contribution in [1.29, 1.82) is 0 Å². The molecule has 7 nitrogen and oxygen atoms in total. The fourth-order valence-electron chi connectivity index (χ4n) is 2.89. The monoisotopic (exact) mass is 299 g/mol. The largest absolute Gasteiger partial charge is 0.479 e. The number of ether oxygens (including phenoxy) is 1. The first kappa shape index (κ1) is 16.0. The van der Waals surface area contributed by atoms with Gasteiger partial charge in [0.25, 0.3) is 0 Å². The molecule has 1 unspecified atom stereocenters. The van der Waals surface area contributed by atoms with Crippen LogP contribution in [0, 0.1) is 5.92 Å². The number of hydrogen-bond acceptors (Lipinski definition) is 4. The van der Waals surface area contributed by atoms with Gasteiger partial charge in [-0.1, -0.05) is 0 Å². The minimum atomic E-state index is -1.27. The highest BCUT2D eigenvalue weighted by Crippen LogP contribution is 2.20. The zero-order valence-corrected chi connectivity index (χ0v) is 12.6. The normalized spacial score (nSPS) is 27.5. The van der Waals surface area contributed by atoms with Gasteiger partial charge in [-0.2, -0.15) is 0 Å². The number of nitrogens with zero attached hydrogens (tertiary/aromatic N) is 1. The maximum atomic E-state index is 11.9. The minimum absolute atomic E-state index is 0.0325. The van der Waals surface area contributed by atoms with Crippen LogP contribution < -0.4 is 10.6 Å². The highest BCUT2D eigenvalue weighted by molar-refractivity contribution is 5.86. The van der Waals surface area contributed by atoms with E-state index < -0.39 is 17.5 Å². The first-order valence-corrected chi connectivity index (χ1v) is 7.57. The Hall–Kier alpha value is -1.34. The molecular formula is C14H25N3O4. The lowest BCUT2D eigenvalue weighted by atomic mass is 9.94. The number of carboxylic acids is 1. The van der Waals surface area contributed by atoms with Crippen LogP contribution in [-0.2, 0) is 9.53 Å². The van der Waals surface area contributed by atoms with Crippen LogP contribution in [0.1, 0.15) is 25.7 Å². The SMILES string of the molecule is CN1CCC(CCNC(=O)NC2(C(=O)O)CCOC2)CC1. The zero-order chi connectivity index (χ0) is 15.3. The van der Waals surface area contributed by atoms with E-state index in [0.29, 0.717) is 25.5 Å². The Bertz CT molecular complexity index is 374.